The molecule has 2 heterocycles. The molecule has 0 unspecified atom stereocenters. The zero-order valence-electron chi connectivity index (χ0n) is 8.91. The molecule has 0 amide bonds. The molecule has 0 aromatic rings. The lowest BCUT2D eigenvalue weighted by molar-refractivity contribution is -0.137. The number of hydrogen-bond donors (Lipinski definition) is 2. The highest BCUT2D eigenvalue weighted by atomic mass is 33.1. The Kier molecular flexibility index (Phi) is 7.30. The minimum Gasteiger partial charge on any atom is -0.481 e. The monoisotopic (exact) mass is 249 g/mol. The van der Waals surface area contributed by atoms with Crippen molar-refractivity contribution in [1.29, 1.82) is 0 Å². The van der Waals surface area contributed by atoms with Gasteiger partial charge in [0.05, 0.1) is 0 Å². The molecule has 15 heavy (non-hydrogen) atoms. The zero-order chi connectivity index (χ0) is 10.9. The zero-order valence-corrected chi connectivity index (χ0v) is 10.5. The minimum atomic E-state index is -0.663. The van der Waals surface area contributed by atoms with Crippen molar-refractivity contribution in [3.8, 4) is 0 Å². The van der Waals surface area contributed by atoms with Gasteiger partial charge in [-0.15, -0.1) is 0 Å². The summed E-state index contributed by atoms with van der Waals surface area (Å²) in [7, 11) is 3.92. The predicted octanol–water partition coefficient (Wildman–Crippen LogP) is 2.37. The third-order valence-corrected chi connectivity index (χ3v) is 5.15. The van der Waals surface area contributed by atoms with Crippen LogP contribution in [0.25, 0.3) is 0 Å². The molecule has 88 valence electrons. The number of unbranched alkanes of at least 4 members (excludes halogenated alkanes) is 1. The van der Waals surface area contributed by atoms with E-state index in [1.807, 2.05) is 21.6 Å². The Hall–Kier alpha value is 0.130. The fourth-order valence-electron chi connectivity index (χ4n) is 1.21. The number of carboxylic acid groups (broad SMARTS) is 1. The molecule has 3 nitrogen and oxygen atoms in total. The molecule has 2 N–H and O–H groups in total. The largest absolute Gasteiger partial charge is 0.481 e. The first-order valence-electron chi connectivity index (χ1n) is 5.50. The normalized spacial score (nSPS) is 23.1. The van der Waals surface area contributed by atoms with E-state index in [-0.39, 0.29) is 0 Å². The number of nitrogens with one attached hydrogen (secondary N) is 1. The number of aliphatic carboxylic acids is 1. The molecule has 0 aromatic carbocycles. The van der Waals surface area contributed by atoms with Crippen molar-refractivity contribution in [3.05, 3.63) is 0 Å². The van der Waals surface area contributed by atoms with Crippen LogP contribution in [0.1, 0.15) is 32.1 Å². The van der Waals surface area contributed by atoms with Crippen LogP contribution in [0.3, 0.4) is 0 Å². The van der Waals surface area contributed by atoms with Crippen LogP contribution in [0.4, 0.5) is 0 Å². The number of hydrogen-bond acceptors (Lipinski definition) is 4. The lowest BCUT2D eigenvalue weighted by Gasteiger charge is -2.04. The Morgan fingerprint density at radius 1 is 1.40 bits per heavy atom. The van der Waals surface area contributed by atoms with E-state index in [1.165, 1.54) is 31.7 Å². The van der Waals surface area contributed by atoms with Crippen molar-refractivity contribution in [2.24, 2.45) is 0 Å². The van der Waals surface area contributed by atoms with Crippen molar-refractivity contribution in [2.75, 3.05) is 18.8 Å². The Labute approximate surface area is 99.2 Å². The van der Waals surface area contributed by atoms with Gasteiger partial charge in [0.25, 0.3) is 0 Å². The molecule has 0 aliphatic carbocycles. The first-order valence-corrected chi connectivity index (χ1v) is 7.88. The molecule has 5 heteroatoms. The number of carbonyl (C=O) groups is 1. The molecule has 0 bridgehead atoms. The van der Waals surface area contributed by atoms with Crippen molar-refractivity contribution in [1.82, 2.24) is 5.32 Å². The Morgan fingerprint density at radius 2 is 2.13 bits per heavy atom. The average molecular weight is 249 g/mol. The maximum Gasteiger partial charge on any atom is 0.303 e. The van der Waals surface area contributed by atoms with E-state index in [9.17, 15) is 4.79 Å². The highest BCUT2D eigenvalue weighted by molar-refractivity contribution is 8.77. The molecule has 0 saturated carbocycles. The van der Waals surface area contributed by atoms with Crippen LogP contribution < -0.4 is 5.32 Å². The third kappa shape index (κ3) is 9.08. The fraction of sp³-hybridized carbons (Fsp3) is 0.900. The van der Waals surface area contributed by atoms with E-state index in [0.29, 0.717) is 6.42 Å². The molecule has 0 radical (unpaired) electrons. The van der Waals surface area contributed by atoms with E-state index in [2.05, 4.69) is 5.32 Å². The van der Waals surface area contributed by atoms with Crippen LogP contribution in [0.15, 0.2) is 0 Å². The van der Waals surface area contributed by atoms with Crippen molar-refractivity contribution >= 4 is 27.6 Å². The Balaban J connectivity index is 0.000000319. The van der Waals surface area contributed by atoms with Crippen molar-refractivity contribution < 1.29 is 9.90 Å². The van der Waals surface area contributed by atoms with E-state index in [1.54, 1.807) is 0 Å². The molecule has 2 rings (SSSR count). The summed E-state index contributed by atoms with van der Waals surface area (Å²) in [4.78, 5) is 10.2. The van der Waals surface area contributed by atoms with Gasteiger partial charge in [0, 0.05) is 30.5 Å². The minimum absolute atomic E-state index is 0.338. The summed E-state index contributed by atoms with van der Waals surface area (Å²) >= 11 is 0. The van der Waals surface area contributed by atoms with Crippen LogP contribution in [0, 0.1) is 0 Å². The van der Waals surface area contributed by atoms with Crippen LogP contribution in [0.2, 0.25) is 0 Å². The Bertz CT molecular complexity index is 180. The van der Waals surface area contributed by atoms with Gasteiger partial charge in [0.15, 0.2) is 0 Å². The summed E-state index contributed by atoms with van der Waals surface area (Å²) in [5, 5.41) is 12.2. The number of rotatable bonds is 5. The van der Waals surface area contributed by atoms with Gasteiger partial charge < -0.3 is 10.4 Å². The third-order valence-electron chi connectivity index (χ3n) is 2.14. The first kappa shape index (κ1) is 13.2. The standard InChI is InChI=1S/C8H14O2S2.C2H5N/c9-8(10)4-2-1-3-7-5-6-11-12-7;1-2-3-1/h7H,1-6H2,(H,9,10);3H,1-2H2/t7-;/m1./s1. The highest BCUT2D eigenvalue weighted by Gasteiger charge is 2.15. The molecule has 0 spiro atoms. The predicted molar refractivity (Wildman–Crippen MR) is 67.4 cm³/mol. The van der Waals surface area contributed by atoms with Crippen molar-refractivity contribution in [3.63, 3.8) is 0 Å². The van der Waals surface area contributed by atoms with Gasteiger partial charge in [0.2, 0.25) is 0 Å². The average Bonchev–Trinajstić information content (AvgIpc) is 3.00. The van der Waals surface area contributed by atoms with Gasteiger partial charge in [0.1, 0.15) is 0 Å². The molecule has 2 aliphatic heterocycles. The quantitative estimate of drug-likeness (QED) is 0.445. The molecule has 2 saturated heterocycles. The fourth-order valence-corrected chi connectivity index (χ4v) is 4.24. The lowest BCUT2D eigenvalue weighted by Crippen LogP contribution is -1.99. The smallest absolute Gasteiger partial charge is 0.303 e. The summed E-state index contributed by atoms with van der Waals surface area (Å²) < 4.78 is 0. The van der Waals surface area contributed by atoms with Crippen LogP contribution in [-0.2, 0) is 4.79 Å². The van der Waals surface area contributed by atoms with Gasteiger partial charge in [-0.1, -0.05) is 28.0 Å². The SMILES string of the molecule is C1CN1.O=C(O)CCCC[C@@H]1CCSS1. The van der Waals surface area contributed by atoms with Gasteiger partial charge in [-0.2, -0.15) is 0 Å². The molecular weight excluding hydrogens is 230 g/mol. The molecule has 2 aliphatic rings. The van der Waals surface area contributed by atoms with Crippen LogP contribution >= 0.6 is 21.6 Å². The second kappa shape index (κ2) is 8.30. The molecule has 2 fully saturated rings. The summed E-state index contributed by atoms with van der Waals surface area (Å²) in [5.74, 6) is 0.609. The van der Waals surface area contributed by atoms with Gasteiger partial charge in [-0.25, -0.2) is 0 Å². The summed E-state index contributed by atoms with van der Waals surface area (Å²) in [6.07, 6.45) is 4.76. The lowest BCUT2D eigenvalue weighted by atomic mass is 10.1. The van der Waals surface area contributed by atoms with Crippen molar-refractivity contribution in [2.45, 2.75) is 37.4 Å². The van der Waals surface area contributed by atoms with Crippen LogP contribution in [-0.4, -0.2) is 35.2 Å². The van der Waals surface area contributed by atoms with Crippen LogP contribution in [0.5, 0.6) is 0 Å². The summed E-state index contributed by atoms with van der Waals surface area (Å²) in [6, 6.07) is 0. The maximum atomic E-state index is 10.2. The van der Waals surface area contributed by atoms with E-state index in [0.717, 1.165) is 18.1 Å². The van der Waals surface area contributed by atoms with E-state index < -0.39 is 5.97 Å². The summed E-state index contributed by atoms with van der Waals surface area (Å²) in [5.41, 5.74) is 0. The molecule has 1 atom stereocenters. The van der Waals surface area contributed by atoms with E-state index in [4.69, 9.17) is 5.11 Å². The Morgan fingerprint density at radius 3 is 2.60 bits per heavy atom. The molecule has 0 aromatic heterocycles. The highest BCUT2D eigenvalue weighted by Crippen LogP contribution is 2.39. The second-order valence-corrected chi connectivity index (χ2v) is 6.51. The van der Waals surface area contributed by atoms with Gasteiger partial charge in [-0.05, 0) is 19.3 Å². The maximum absolute atomic E-state index is 10.2. The van der Waals surface area contributed by atoms with E-state index >= 15 is 0 Å². The topological polar surface area (TPSA) is 59.2 Å². The number of carboxylic acids is 1. The van der Waals surface area contributed by atoms with Gasteiger partial charge >= 0.3 is 5.97 Å². The second-order valence-electron chi connectivity index (χ2n) is 3.72. The molecular formula is C10H19NO2S2. The van der Waals surface area contributed by atoms with Gasteiger partial charge in [-0.3, -0.25) is 4.79 Å². The summed E-state index contributed by atoms with van der Waals surface area (Å²) in [6.45, 7) is 2.50. The first-order chi connectivity index (χ1) is 7.29.